The largest absolute Gasteiger partial charge is 0.308 e. The second kappa shape index (κ2) is 4.68. The smallest absolute Gasteiger partial charge is 0.258 e. The summed E-state index contributed by atoms with van der Waals surface area (Å²) in [5.74, 6) is -1.43. The van der Waals surface area contributed by atoms with Gasteiger partial charge >= 0.3 is 5.69 Å². The van der Waals surface area contributed by atoms with Crippen LogP contribution in [0.4, 0.5) is 14.5 Å². The van der Waals surface area contributed by atoms with Crippen molar-refractivity contribution >= 4 is 21.6 Å². The zero-order chi connectivity index (χ0) is 12.6. The molecular weight excluding hydrogens is 296 g/mol. The summed E-state index contributed by atoms with van der Waals surface area (Å²) < 4.78 is 26.4. The van der Waals surface area contributed by atoms with E-state index >= 15 is 0 Å². The second-order valence-electron chi connectivity index (χ2n) is 4.21. The molecule has 1 fully saturated rings. The number of nitro benzene ring substituents is 1. The Morgan fingerprint density at radius 1 is 1.47 bits per heavy atom. The van der Waals surface area contributed by atoms with Crippen molar-refractivity contribution < 1.29 is 13.7 Å². The Hall–Kier alpha value is -1.04. The highest BCUT2D eigenvalue weighted by Crippen LogP contribution is 2.39. The number of hydrogen-bond acceptors (Lipinski definition) is 2. The third-order valence-corrected chi connectivity index (χ3v) is 3.91. The molecule has 1 aliphatic rings. The van der Waals surface area contributed by atoms with Crippen molar-refractivity contribution in [3.05, 3.63) is 39.4 Å². The highest BCUT2D eigenvalue weighted by molar-refractivity contribution is 9.09. The summed E-state index contributed by atoms with van der Waals surface area (Å²) in [6, 6.07) is 1.58. The maximum atomic E-state index is 13.3. The topological polar surface area (TPSA) is 43.1 Å². The average molecular weight is 306 g/mol. The van der Waals surface area contributed by atoms with Gasteiger partial charge in [0.25, 0.3) is 0 Å². The lowest BCUT2D eigenvalue weighted by Gasteiger charge is -2.09. The summed E-state index contributed by atoms with van der Waals surface area (Å²) in [6.07, 6.45) is 2.39. The minimum absolute atomic E-state index is 0.0439. The molecule has 0 radical (unpaired) electrons. The summed E-state index contributed by atoms with van der Waals surface area (Å²) in [5, 5.41) is 10.7. The second-order valence-corrected chi connectivity index (χ2v) is 5.39. The van der Waals surface area contributed by atoms with E-state index in [2.05, 4.69) is 15.9 Å². The number of hydrogen-bond donors (Lipinski definition) is 0. The van der Waals surface area contributed by atoms with Crippen LogP contribution in [0.2, 0.25) is 0 Å². The number of rotatable bonds is 4. The van der Waals surface area contributed by atoms with Gasteiger partial charge in [-0.05, 0) is 31.2 Å². The summed E-state index contributed by atoms with van der Waals surface area (Å²) >= 11 is 3.41. The molecule has 0 amide bonds. The molecule has 0 saturated heterocycles. The van der Waals surface area contributed by atoms with Crippen LogP contribution in [-0.2, 0) is 6.42 Å². The van der Waals surface area contributed by atoms with Crippen LogP contribution in [-0.4, -0.2) is 9.75 Å². The molecule has 1 aromatic carbocycles. The van der Waals surface area contributed by atoms with Gasteiger partial charge in [-0.15, -0.1) is 0 Å². The van der Waals surface area contributed by atoms with Crippen molar-refractivity contribution in [2.24, 2.45) is 5.92 Å². The maximum absolute atomic E-state index is 13.3. The summed E-state index contributed by atoms with van der Waals surface area (Å²) in [7, 11) is 0. The number of alkyl halides is 1. The first-order chi connectivity index (χ1) is 7.99. The monoisotopic (exact) mass is 305 g/mol. The molecule has 0 spiro atoms. The number of benzene rings is 1. The van der Waals surface area contributed by atoms with E-state index in [4.69, 9.17) is 0 Å². The molecule has 0 N–H and O–H groups in total. The Balaban J connectivity index is 2.32. The molecule has 0 bridgehead atoms. The number of nitrogens with zero attached hydrogens (tertiary/aromatic N) is 1. The minimum atomic E-state index is -1.11. The van der Waals surface area contributed by atoms with Gasteiger partial charge in [-0.25, -0.2) is 4.39 Å². The normalized spacial score (nSPS) is 16.9. The van der Waals surface area contributed by atoms with E-state index in [0.717, 1.165) is 18.9 Å². The van der Waals surface area contributed by atoms with Crippen LogP contribution in [0, 0.1) is 27.7 Å². The molecular formula is C11H10BrF2NO2. The Labute approximate surface area is 105 Å². The van der Waals surface area contributed by atoms with Gasteiger partial charge in [0.2, 0.25) is 5.82 Å². The molecule has 2 rings (SSSR count). The molecule has 0 aromatic heterocycles. The molecule has 0 aliphatic heterocycles. The van der Waals surface area contributed by atoms with Crippen LogP contribution in [0.15, 0.2) is 12.1 Å². The van der Waals surface area contributed by atoms with Gasteiger partial charge in [0, 0.05) is 16.5 Å². The van der Waals surface area contributed by atoms with Crippen LogP contribution in [0.5, 0.6) is 0 Å². The van der Waals surface area contributed by atoms with E-state index in [0.29, 0.717) is 12.0 Å². The van der Waals surface area contributed by atoms with Gasteiger partial charge in [-0.3, -0.25) is 10.1 Å². The van der Waals surface area contributed by atoms with Crippen LogP contribution in [0.3, 0.4) is 0 Å². The molecule has 92 valence electrons. The quantitative estimate of drug-likeness (QED) is 0.485. The van der Waals surface area contributed by atoms with Crippen molar-refractivity contribution in [2.45, 2.75) is 24.1 Å². The summed E-state index contributed by atoms with van der Waals surface area (Å²) in [6.45, 7) is 0. The Bertz CT molecular complexity index is 463. The standard InChI is InChI=1S/C11H10BrF2NO2/c12-9(6-1-2-6)4-7-3-8(13)5-10(14)11(7)15(16)17/h3,5-6,9H,1-2,4H2. The van der Waals surface area contributed by atoms with Gasteiger partial charge in [-0.1, -0.05) is 15.9 Å². The van der Waals surface area contributed by atoms with E-state index in [9.17, 15) is 18.9 Å². The molecule has 0 heterocycles. The number of halogens is 3. The van der Waals surface area contributed by atoms with Gasteiger partial charge in [0.05, 0.1) is 4.92 Å². The summed E-state index contributed by atoms with van der Waals surface area (Å²) in [5.41, 5.74) is -0.502. The van der Waals surface area contributed by atoms with Gasteiger partial charge < -0.3 is 0 Å². The Kier molecular flexibility index (Phi) is 3.42. The lowest BCUT2D eigenvalue weighted by Crippen LogP contribution is -2.09. The molecule has 3 nitrogen and oxygen atoms in total. The molecule has 17 heavy (non-hydrogen) atoms. The molecule has 1 atom stereocenters. The molecule has 1 aromatic rings. The molecule has 1 saturated carbocycles. The van der Waals surface area contributed by atoms with Crippen LogP contribution in [0.25, 0.3) is 0 Å². The predicted molar refractivity (Wildman–Crippen MR) is 62.2 cm³/mol. The lowest BCUT2D eigenvalue weighted by molar-refractivity contribution is -0.388. The van der Waals surface area contributed by atoms with Gasteiger partial charge in [0.15, 0.2) is 0 Å². The number of nitro groups is 1. The average Bonchev–Trinajstić information content (AvgIpc) is 2.97. The van der Waals surface area contributed by atoms with E-state index in [1.165, 1.54) is 0 Å². The Morgan fingerprint density at radius 2 is 2.12 bits per heavy atom. The van der Waals surface area contributed by atoms with Crippen LogP contribution < -0.4 is 0 Å². The van der Waals surface area contributed by atoms with Crippen molar-refractivity contribution in [3.8, 4) is 0 Å². The predicted octanol–water partition coefficient (Wildman–Crippen LogP) is 3.59. The first-order valence-corrected chi connectivity index (χ1v) is 6.17. The van der Waals surface area contributed by atoms with Crippen molar-refractivity contribution in [2.75, 3.05) is 0 Å². The third kappa shape index (κ3) is 2.80. The fraction of sp³-hybridized carbons (Fsp3) is 0.455. The minimum Gasteiger partial charge on any atom is -0.258 e. The highest BCUT2D eigenvalue weighted by atomic mass is 79.9. The fourth-order valence-electron chi connectivity index (χ4n) is 1.81. The van der Waals surface area contributed by atoms with Gasteiger partial charge in [-0.2, -0.15) is 4.39 Å². The van der Waals surface area contributed by atoms with E-state index < -0.39 is 22.2 Å². The molecule has 6 heteroatoms. The van der Waals surface area contributed by atoms with Crippen molar-refractivity contribution in [3.63, 3.8) is 0 Å². The van der Waals surface area contributed by atoms with E-state index in [1.54, 1.807) is 0 Å². The van der Waals surface area contributed by atoms with E-state index in [-0.39, 0.29) is 16.8 Å². The lowest BCUT2D eigenvalue weighted by atomic mass is 10.0. The van der Waals surface area contributed by atoms with Crippen LogP contribution >= 0.6 is 15.9 Å². The van der Waals surface area contributed by atoms with Crippen LogP contribution in [0.1, 0.15) is 18.4 Å². The summed E-state index contributed by atoms with van der Waals surface area (Å²) in [4.78, 5) is 10.00. The zero-order valence-corrected chi connectivity index (χ0v) is 10.4. The zero-order valence-electron chi connectivity index (χ0n) is 8.83. The maximum Gasteiger partial charge on any atom is 0.308 e. The SMILES string of the molecule is O=[N+]([O-])c1c(F)cc(F)cc1CC(Br)C1CC1. The molecule has 1 unspecified atom stereocenters. The Morgan fingerprint density at radius 3 is 2.65 bits per heavy atom. The van der Waals surface area contributed by atoms with Crippen molar-refractivity contribution in [1.29, 1.82) is 0 Å². The molecule has 1 aliphatic carbocycles. The third-order valence-electron chi connectivity index (χ3n) is 2.84. The highest BCUT2D eigenvalue weighted by Gasteiger charge is 2.32. The fourth-order valence-corrected chi connectivity index (χ4v) is 2.69. The first-order valence-electron chi connectivity index (χ1n) is 5.25. The van der Waals surface area contributed by atoms with E-state index in [1.807, 2.05) is 0 Å². The first kappa shape index (κ1) is 12.4. The van der Waals surface area contributed by atoms with Crippen molar-refractivity contribution in [1.82, 2.24) is 0 Å². The van der Waals surface area contributed by atoms with Gasteiger partial charge in [0.1, 0.15) is 5.82 Å².